The molecule has 1 aromatic carbocycles. The molecule has 0 bridgehead atoms. The van der Waals surface area contributed by atoms with E-state index in [4.69, 9.17) is 0 Å². The molecular weight excluding hydrogens is 162 g/mol. The van der Waals surface area contributed by atoms with E-state index in [-0.39, 0.29) is 0 Å². The molecule has 1 aliphatic heterocycles. The zero-order valence-electron chi connectivity index (χ0n) is 7.14. The van der Waals surface area contributed by atoms with Crippen molar-refractivity contribution >= 4 is 17.4 Å². The van der Waals surface area contributed by atoms with Gasteiger partial charge < -0.3 is 0 Å². The first-order chi connectivity index (χ1) is 6.45. The monoisotopic (exact) mass is 171 g/mol. The summed E-state index contributed by atoms with van der Waals surface area (Å²) in [5.41, 5.74) is 2.21. The van der Waals surface area contributed by atoms with Crippen LogP contribution in [0.2, 0.25) is 0 Å². The summed E-state index contributed by atoms with van der Waals surface area (Å²) in [6.07, 6.45) is 2.82. The van der Waals surface area contributed by atoms with Gasteiger partial charge in [0.2, 0.25) is 0 Å². The van der Waals surface area contributed by atoms with E-state index in [1.165, 1.54) is 0 Å². The Morgan fingerprint density at radius 2 is 2.15 bits per heavy atom. The zero-order chi connectivity index (χ0) is 8.67. The minimum atomic E-state index is 0.864. The summed E-state index contributed by atoms with van der Waals surface area (Å²) in [5, 5.41) is 0. The van der Waals surface area contributed by atoms with Crippen LogP contribution in [-0.2, 0) is 6.42 Å². The maximum absolute atomic E-state index is 4.52. The van der Waals surface area contributed by atoms with Crippen LogP contribution in [0.3, 0.4) is 0 Å². The summed E-state index contributed by atoms with van der Waals surface area (Å²) in [4.78, 5) is 8.76. The van der Waals surface area contributed by atoms with Crippen LogP contribution < -0.4 is 0 Å². The molecule has 13 heavy (non-hydrogen) atoms. The predicted molar refractivity (Wildman–Crippen MR) is 52.2 cm³/mol. The topological polar surface area (TPSA) is 30.2 Å². The van der Waals surface area contributed by atoms with E-state index >= 15 is 0 Å². The molecule has 0 fully saturated rings. The number of nitrogens with zero attached hydrogens (tertiary/aromatic N) is 3. The molecule has 0 spiro atoms. The molecule has 0 atom stereocenters. The lowest BCUT2D eigenvalue weighted by atomic mass is 10.3. The molecule has 3 rings (SSSR count). The fourth-order valence-electron chi connectivity index (χ4n) is 1.70. The Hall–Kier alpha value is -1.64. The molecule has 0 saturated heterocycles. The summed E-state index contributed by atoms with van der Waals surface area (Å²) < 4.78 is 2.07. The van der Waals surface area contributed by atoms with Gasteiger partial charge in [0, 0.05) is 13.0 Å². The number of imidazole rings is 1. The van der Waals surface area contributed by atoms with Crippen molar-refractivity contribution in [2.75, 3.05) is 6.54 Å². The van der Waals surface area contributed by atoms with Gasteiger partial charge in [0.15, 0.2) is 0 Å². The molecule has 0 saturated carbocycles. The molecule has 0 unspecified atom stereocenters. The Kier molecular flexibility index (Phi) is 1.27. The predicted octanol–water partition coefficient (Wildman–Crippen LogP) is 1.47. The minimum Gasteiger partial charge on any atom is -0.287 e. The normalized spacial score (nSPS) is 14.8. The number of aromatic nitrogens is 2. The summed E-state index contributed by atoms with van der Waals surface area (Å²) in [6.45, 7) is 0.864. The van der Waals surface area contributed by atoms with E-state index < -0.39 is 0 Å². The van der Waals surface area contributed by atoms with Crippen molar-refractivity contribution in [1.29, 1.82) is 0 Å². The van der Waals surface area contributed by atoms with Crippen LogP contribution in [0, 0.1) is 0 Å². The lowest BCUT2D eigenvalue weighted by Crippen LogP contribution is -2.09. The van der Waals surface area contributed by atoms with Crippen molar-refractivity contribution in [3.8, 4) is 0 Å². The van der Waals surface area contributed by atoms with Gasteiger partial charge in [-0.3, -0.25) is 9.56 Å². The van der Waals surface area contributed by atoms with Gasteiger partial charge in [0.05, 0.1) is 17.4 Å². The van der Waals surface area contributed by atoms with E-state index in [0.717, 1.165) is 29.8 Å². The van der Waals surface area contributed by atoms with Gasteiger partial charge in [-0.1, -0.05) is 12.1 Å². The molecule has 0 N–H and O–H groups in total. The Morgan fingerprint density at radius 3 is 3.15 bits per heavy atom. The second kappa shape index (κ2) is 2.42. The van der Waals surface area contributed by atoms with Crippen LogP contribution in [0.25, 0.3) is 11.0 Å². The van der Waals surface area contributed by atoms with Crippen molar-refractivity contribution in [3.05, 3.63) is 30.1 Å². The Labute approximate surface area is 75.7 Å². The third-order valence-corrected chi connectivity index (χ3v) is 2.33. The highest BCUT2D eigenvalue weighted by Crippen LogP contribution is 2.16. The summed E-state index contributed by atoms with van der Waals surface area (Å²) >= 11 is 0. The van der Waals surface area contributed by atoms with E-state index in [1.54, 1.807) is 0 Å². The SMILES string of the molecule is C1=NCCc2nc3ccccc3n21. The minimum absolute atomic E-state index is 0.864. The Bertz CT molecular complexity index is 482. The summed E-state index contributed by atoms with van der Waals surface area (Å²) in [6, 6.07) is 8.15. The molecule has 3 nitrogen and oxygen atoms in total. The summed E-state index contributed by atoms with van der Waals surface area (Å²) in [7, 11) is 0. The van der Waals surface area contributed by atoms with Gasteiger partial charge in [-0.2, -0.15) is 0 Å². The van der Waals surface area contributed by atoms with Gasteiger partial charge in [-0.25, -0.2) is 4.98 Å². The quantitative estimate of drug-likeness (QED) is 0.590. The first-order valence-electron chi connectivity index (χ1n) is 4.41. The third-order valence-electron chi connectivity index (χ3n) is 2.33. The lowest BCUT2D eigenvalue weighted by Gasteiger charge is -2.05. The largest absolute Gasteiger partial charge is 0.287 e. The zero-order valence-corrected chi connectivity index (χ0v) is 7.14. The number of benzene rings is 1. The molecule has 0 radical (unpaired) electrons. The smallest absolute Gasteiger partial charge is 0.117 e. The number of rotatable bonds is 0. The average molecular weight is 171 g/mol. The average Bonchev–Trinajstić information content (AvgIpc) is 2.56. The second-order valence-corrected chi connectivity index (χ2v) is 3.16. The molecule has 0 amide bonds. The van der Waals surface area contributed by atoms with E-state index in [9.17, 15) is 0 Å². The number of hydrogen-bond acceptors (Lipinski definition) is 2. The highest BCUT2D eigenvalue weighted by Gasteiger charge is 2.10. The molecular formula is C10H9N3. The van der Waals surface area contributed by atoms with Gasteiger partial charge in [-0.15, -0.1) is 0 Å². The van der Waals surface area contributed by atoms with Crippen LogP contribution in [0.4, 0.5) is 0 Å². The van der Waals surface area contributed by atoms with Gasteiger partial charge in [0.1, 0.15) is 5.82 Å². The fourth-order valence-corrected chi connectivity index (χ4v) is 1.70. The number of hydrogen-bond donors (Lipinski definition) is 0. The first kappa shape index (κ1) is 6.83. The van der Waals surface area contributed by atoms with Crippen LogP contribution in [0.15, 0.2) is 29.3 Å². The van der Waals surface area contributed by atoms with Crippen molar-refractivity contribution in [2.24, 2.45) is 4.99 Å². The highest BCUT2D eigenvalue weighted by atomic mass is 15.1. The Morgan fingerprint density at radius 1 is 1.23 bits per heavy atom. The fraction of sp³-hybridized carbons (Fsp3) is 0.200. The molecule has 64 valence electrons. The lowest BCUT2D eigenvalue weighted by molar-refractivity contribution is 0.836. The van der Waals surface area contributed by atoms with Crippen LogP contribution in [0.5, 0.6) is 0 Å². The standard InChI is InChI=1S/C10H9N3/c1-2-4-9-8(3-1)12-10-5-6-11-7-13(9)10/h1-4,7H,5-6H2. The summed E-state index contributed by atoms with van der Waals surface area (Å²) in [5.74, 6) is 1.12. The second-order valence-electron chi connectivity index (χ2n) is 3.16. The molecule has 3 heteroatoms. The van der Waals surface area contributed by atoms with Gasteiger partial charge in [-0.05, 0) is 12.1 Å². The van der Waals surface area contributed by atoms with Gasteiger partial charge >= 0.3 is 0 Å². The van der Waals surface area contributed by atoms with Gasteiger partial charge in [0.25, 0.3) is 0 Å². The maximum Gasteiger partial charge on any atom is 0.117 e. The maximum atomic E-state index is 4.52. The van der Waals surface area contributed by atoms with E-state index in [1.807, 2.05) is 24.5 Å². The number of fused-ring (bicyclic) bond motifs is 3. The molecule has 2 heterocycles. The van der Waals surface area contributed by atoms with Crippen molar-refractivity contribution < 1.29 is 0 Å². The Balaban J connectivity index is 2.42. The van der Waals surface area contributed by atoms with Crippen molar-refractivity contribution in [1.82, 2.24) is 9.55 Å². The molecule has 1 aromatic heterocycles. The molecule has 0 aliphatic carbocycles. The van der Waals surface area contributed by atoms with Crippen LogP contribution in [-0.4, -0.2) is 22.4 Å². The van der Waals surface area contributed by atoms with Crippen LogP contribution in [0.1, 0.15) is 5.82 Å². The first-order valence-corrected chi connectivity index (χ1v) is 4.41. The van der Waals surface area contributed by atoms with Crippen molar-refractivity contribution in [3.63, 3.8) is 0 Å². The number of para-hydroxylation sites is 2. The van der Waals surface area contributed by atoms with Crippen molar-refractivity contribution in [2.45, 2.75) is 6.42 Å². The molecule has 2 aromatic rings. The number of aliphatic imine (C=N–C) groups is 1. The van der Waals surface area contributed by atoms with Crippen LogP contribution >= 0.6 is 0 Å². The molecule has 1 aliphatic rings. The van der Waals surface area contributed by atoms with E-state index in [0.29, 0.717) is 0 Å². The third kappa shape index (κ3) is 0.900. The highest BCUT2D eigenvalue weighted by molar-refractivity contribution is 5.84. The van der Waals surface area contributed by atoms with E-state index in [2.05, 4.69) is 20.6 Å².